The standard InChI is InChI=1S/C24H18FN3O4S/c1-13-11-15(14(2)27(13)20-6-4-3-5-18(20)23(31)32)12-19-21(29)26-24(33)28(22(19)30)17-9-7-16(25)8-10-17/h3-12H,1-2H3,(H,31,32)(H,26,29,33)/b19-12-. The van der Waals surface area contributed by atoms with Crippen molar-refractivity contribution < 1.29 is 23.9 Å². The van der Waals surface area contributed by atoms with E-state index in [2.05, 4.69) is 5.32 Å². The number of nitrogens with zero attached hydrogens (tertiary/aromatic N) is 2. The van der Waals surface area contributed by atoms with E-state index in [0.29, 0.717) is 22.6 Å². The number of carboxylic acid groups (broad SMARTS) is 1. The van der Waals surface area contributed by atoms with Crippen LogP contribution in [0.2, 0.25) is 0 Å². The van der Waals surface area contributed by atoms with Crippen LogP contribution in [-0.2, 0) is 9.59 Å². The van der Waals surface area contributed by atoms with Crippen LogP contribution in [-0.4, -0.2) is 32.6 Å². The lowest BCUT2D eigenvalue weighted by molar-refractivity contribution is -0.122. The first-order chi connectivity index (χ1) is 15.7. The topological polar surface area (TPSA) is 91.6 Å². The van der Waals surface area contributed by atoms with Gasteiger partial charge < -0.3 is 9.67 Å². The number of hydrogen-bond acceptors (Lipinski definition) is 4. The van der Waals surface area contributed by atoms with Crippen LogP contribution in [0.4, 0.5) is 10.1 Å². The number of amides is 2. The minimum Gasteiger partial charge on any atom is -0.478 e. The van der Waals surface area contributed by atoms with Crippen molar-refractivity contribution in [2.45, 2.75) is 13.8 Å². The molecular formula is C24H18FN3O4S. The van der Waals surface area contributed by atoms with Crippen LogP contribution >= 0.6 is 12.2 Å². The van der Waals surface area contributed by atoms with Crippen molar-refractivity contribution in [3.63, 3.8) is 0 Å². The van der Waals surface area contributed by atoms with E-state index < -0.39 is 23.6 Å². The monoisotopic (exact) mass is 463 g/mol. The Morgan fingerprint density at radius 1 is 1.09 bits per heavy atom. The predicted octanol–water partition coefficient (Wildman–Crippen LogP) is 3.76. The molecule has 0 unspecified atom stereocenters. The van der Waals surface area contributed by atoms with E-state index in [1.807, 2.05) is 0 Å². The van der Waals surface area contributed by atoms with E-state index in [-0.39, 0.29) is 16.2 Å². The van der Waals surface area contributed by atoms with Crippen molar-refractivity contribution in [2.75, 3.05) is 4.90 Å². The summed E-state index contributed by atoms with van der Waals surface area (Å²) in [6.45, 7) is 3.57. The highest BCUT2D eigenvalue weighted by atomic mass is 32.1. The largest absolute Gasteiger partial charge is 0.478 e. The molecular weight excluding hydrogens is 445 g/mol. The molecule has 0 saturated carbocycles. The van der Waals surface area contributed by atoms with Gasteiger partial charge in [0.25, 0.3) is 11.8 Å². The van der Waals surface area contributed by atoms with Gasteiger partial charge in [0.1, 0.15) is 11.4 Å². The highest BCUT2D eigenvalue weighted by Gasteiger charge is 2.34. The van der Waals surface area contributed by atoms with E-state index in [1.54, 1.807) is 42.7 Å². The molecule has 166 valence electrons. The lowest BCUT2D eigenvalue weighted by atomic mass is 10.1. The Kier molecular flexibility index (Phi) is 5.65. The minimum absolute atomic E-state index is 0.102. The number of aryl methyl sites for hydroxylation is 1. The minimum atomic E-state index is -1.07. The van der Waals surface area contributed by atoms with Crippen LogP contribution in [0.3, 0.4) is 0 Å². The summed E-state index contributed by atoms with van der Waals surface area (Å²) in [5.41, 5.74) is 2.70. The van der Waals surface area contributed by atoms with Crippen LogP contribution in [0, 0.1) is 19.7 Å². The fourth-order valence-electron chi connectivity index (χ4n) is 3.79. The zero-order chi connectivity index (χ0) is 23.9. The molecule has 7 nitrogen and oxygen atoms in total. The molecule has 1 aliphatic rings. The van der Waals surface area contributed by atoms with E-state index in [0.717, 1.165) is 10.6 Å². The molecule has 4 rings (SSSR count). The number of benzene rings is 2. The summed E-state index contributed by atoms with van der Waals surface area (Å²) < 4.78 is 15.1. The maximum absolute atomic E-state index is 13.3. The molecule has 0 radical (unpaired) electrons. The molecule has 33 heavy (non-hydrogen) atoms. The first-order valence-corrected chi connectivity index (χ1v) is 10.3. The lowest BCUT2D eigenvalue weighted by Gasteiger charge is -2.28. The average Bonchev–Trinajstić information content (AvgIpc) is 3.05. The second kappa shape index (κ2) is 8.44. The summed E-state index contributed by atoms with van der Waals surface area (Å²) in [6.07, 6.45) is 1.44. The van der Waals surface area contributed by atoms with Crippen molar-refractivity contribution in [1.29, 1.82) is 0 Å². The molecule has 3 aromatic rings. The fraction of sp³-hybridized carbons (Fsp3) is 0.0833. The number of hydrogen-bond donors (Lipinski definition) is 2. The van der Waals surface area contributed by atoms with E-state index >= 15 is 0 Å². The number of rotatable bonds is 4. The molecule has 1 fully saturated rings. The quantitative estimate of drug-likeness (QED) is 0.349. The van der Waals surface area contributed by atoms with E-state index in [4.69, 9.17) is 12.2 Å². The zero-order valence-corrected chi connectivity index (χ0v) is 18.4. The lowest BCUT2D eigenvalue weighted by Crippen LogP contribution is -2.54. The smallest absolute Gasteiger partial charge is 0.337 e. The van der Waals surface area contributed by atoms with Gasteiger partial charge in [-0.3, -0.25) is 19.8 Å². The summed E-state index contributed by atoms with van der Waals surface area (Å²) in [5.74, 6) is -2.84. The van der Waals surface area contributed by atoms with Gasteiger partial charge in [-0.15, -0.1) is 0 Å². The fourth-order valence-corrected chi connectivity index (χ4v) is 4.07. The van der Waals surface area contributed by atoms with Crippen LogP contribution in [0.5, 0.6) is 0 Å². The normalized spacial score (nSPS) is 15.2. The van der Waals surface area contributed by atoms with Crippen molar-refractivity contribution in [2.24, 2.45) is 0 Å². The molecule has 0 spiro atoms. The Morgan fingerprint density at radius 3 is 2.42 bits per heavy atom. The van der Waals surface area contributed by atoms with Crippen molar-refractivity contribution in [1.82, 2.24) is 9.88 Å². The van der Waals surface area contributed by atoms with Crippen LogP contribution < -0.4 is 10.2 Å². The molecule has 0 bridgehead atoms. The van der Waals surface area contributed by atoms with Crippen LogP contribution in [0.15, 0.2) is 60.2 Å². The summed E-state index contributed by atoms with van der Waals surface area (Å²) in [4.78, 5) is 38.6. The number of carbonyl (C=O) groups excluding carboxylic acids is 2. The molecule has 1 saturated heterocycles. The SMILES string of the molecule is Cc1cc(/C=C2/C(=O)NC(=S)N(c3ccc(F)cc3)C2=O)c(C)n1-c1ccccc1C(=O)O. The Labute approximate surface area is 193 Å². The number of aromatic carboxylic acids is 1. The highest BCUT2D eigenvalue weighted by Crippen LogP contribution is 2.27. The maximum atomic E-state index is 13.3. The summed E-state index contributed by atoms with van der Waals surface area (Å²) >= 11 is 5.16. The third-order valence-electron chi connectivity index (χ3n) is 5.33. The summed E-state index contributed by atoms with van der Waals surface area (Å²) in [7, 11) is 0. The number of nitrogens with one attached hydrogen (secondary N) is 1. The van der Waals surface area contributed by atoms with Crippen molar-refractivity contribution in [3.05, 3.63) is 88.5 Å². The van der Waals surface area contributed by atoms with Gasteiger partial charge in [-0.1, -0.05) is 12.1 Å². The predicted molar refractivity (Wildman–Crippen MR) is 125 cm³/mol. The van der Waals surface area contributed by atoms with Gasteiger partial charge in [-0.05, 0) is 80.2 Å². The number of halogens is 1. The van der Waals surface area contributed by atoms with Gasteiger partial charge in [0.15, 0.2) is 5.11 Å². The molecule has 1 aromatic heterocycles. The summed E-state index contributed by atoms with van der Waals surface area (Å²) in [5, 5.41) is 12.0. The Balaban J connectivity index is 1.79. The first-order valence-electron chi connectivity index (χ1n) is 9.87. The van der Waals surface area contributed by atoms with Crippen molar-refractivity contribution >= 4 is 46.9 Å². The molecule has 0 aliphatic carbocycles. The number of thiocarbonyl (C=S) groups is 1. The maximum Gasteiger partial charge on any atom is 0.337 e. The van der Waals surface area contributed by atoms with Crippen LogP contribution in [0.1, 0.15) is 27.3 Å². The van der Waals surface area contributed by atoms with Gasteiger partial charge >= 0.3 is 5.97 Å². The zero-order valence-electron chi connectivity index (χ0n) is 17.6. The third kappa shape index (κ3) is 3.94. The second-order valence-corrected chi connectivity index (χ2v) is 7.81. The molecule has 2 amide bonds. The second-order valence-electron chi connectivity index (χ2n) is 7.42. The van der Waals surface area contributed by atoms with Gasteiger partial charge in [-0.2, -0.15) is 0 Å². The van der Waals surface area contributed by atoms with Gasteiger partial charge in [0.2, 0.25) is 0 Å². The number of carboxylic acids is 1. The molecule has 0 atom stereocenters. The Bertz CT molecular complexity index is 1360. The number of carbonyl (C=O) groups is 3. The van der Waals surface area contributed by atoms with Gasteiger partial charge in [0, 0.05) is 11.4 Å². The molecule has 2 aromatic carbocycles. The summed E-state index contributed by atoms with van der Waals surface area (Å²) in [6, 6.07) is 13.5. The number of anilines is 1. The average molecular weight is 463 g/mol. The van der Waals surface area contributed by atoms with E-state index in [1.165, 1.54) is 36.4 Å². The Morgan fingerprint density at radius 2 is 1.76 bits per heavy atom. The number of para-hydroxylation sites is 1. The molecule has 2 heterocycles. The van der Waals surface area contributed by atoms with Gasteiger partial charge in [-0.25, -0.2) is 9.18 Å². The number of aromatic nitrogens is 1. The molecule has 1 aliphatic heterocycles. The highest BCUT2D eigenvalue weighted by molar-refractivity contribution is 7.80. The third-order valence-corrected chi connectivity index (χ3v) is 5.62. The molecule has 2 N–H and O–H groups in total. The Hall–Kier alpha value is -4.11. The first kappa shape index (κ1) is 22.1. The van der Waals surface area contributed by atoms with Crippen LogP contribution in [0.25, 0.3) is 11.8 Å². The van der Waals surface area contributed by atoms with Gasteiger partial charge in [0.05, 0.1) is 16.9 Å². The van der Waals surface area contributed by atoms with Crippen molar-refractivity contribution in [3.8, 4) is 5.69 Å². The van der Waals surface area contributed by atoms with E-state index in [9.17, 15) is 23.9 Å². The molecule has 9 heteroatoms.